The molecule has 20 heavy (non-hydrogen) atoms. The van der Waals surface area contributed by atoms with Crippen molar-refractivity contribution in [2.45, 2.75) is 13.3 Å². The second-order valence-electron chi connectivity index (χ2n) is 4.37. The van der Waals surface area contributed by atoms with Gasteiger partial charge in [0.25, 0.3) is 0 Å². The zero-order chi connectivity index (χ0) is 14.5. The van der Waals surface area contributed by atoms with Crippen molar-refractivity contribution in [2.24, 2.45) is 0 Å². The van der Waals surface area contributed by atoms with Gasteiger partial charge in [-0.05, 0) is 36.8 Å². The number of pyridine rings is 1. The number of benzene rings is 1. The van der Waals surface area contributed by atoms with E-state index in [2.05, 4.69) is 20.9 Å². The van der Waals surface area contributed by atoms with Gasteiger partial charge in [0, 0.05) is 28.5 Å². The van der Waals surface area contributed by atoms with Gasteiger partial charge in [0.1, 0.15) is 0 Å². The van der Waals surface area contributed by atoms with Crippen molar-refractivity contribution in [3.8, 4) is 0 Å². The molecule has 5 heteroatoms. The number of hydrogen-bond acceptors (Lipinski definition) is 4. The monoisotopic (exact) mass is 334 g/mol. The average Bonchev–Trinajstić information content (AvgIpc) is 2.44. The summed E-state index contributed by atoms with van der Waals surface area (Å²) in [5, 5.41) is 0. The Morgan fingerprint density at radius 1 is 1.40 bits per heavy atom. The molecule has 0 amide bonds. The van der Waals surface area contributed by atoms with E-state index in [-0.39, 0.29) is 5.97 Å². The summed E-state index contributed by atoms with van der Waals surface area (Å²) in [5.41, 5.74) is 8.51. The Bertz CT molecular complexity index is 615. The van der Waals surface area contributed by atoms with Gasteiger partial charge >= 0.3 is 5.97 Å². The summed E-state index contributed by atoms with van der Waals surface area (Å²) in [5.74, 6) is -0.369. The van der Waals surface area contributed by atoms with Crippen LogP contribution < -0.4 is 5.73 Å². The number of anilines is 1. The lowest BCUT2D eigenvalue weighted by Crippen LogP contribution is -2.11. The van der Waals surface area contributed by atoms with Crippen molar-refractivity contribution in [3.63, 3.8) is 0 Å². The minimum Gasteiger partial charge on any atom is -0.462 e. The first kappa shape index (κ1) is 14.5. The lowest BCUT2D eigenvalue weighted by atomic mass is 10.1. The Kier molecular flexibility index (Phi) is 4.74. The van der Waals surface area contributed by atoms with E-state index in [0.717, 1.165) is 15.7 Å². The van der Waals surface area contributed by atoms with Crippen LogP contribution in [0.3, 0.4) is 0 Å². The third-order valence-corrected chi connectivity index (χ3v) is 3.41. The zero-order valence-corrected chi connectivity index (χ0v) is 12.7. The molecule has 0 radical (unpaired) electrons. The maximum Gasteiger partial charge on any atom is 0.338 e. The number of carbonyl (C=O) groups is 1. The summed E-state index contributed by atoms with van der Waals surface area (Å²) in [7, 11) is 0. The van der Waals surface area contributed by atoms with Gasteiger partial charge in [-0.2, -0.15) is 0 Å². The molecule has 2 aromatic rings. The highest BCUT2D eigenvalue weighted by Crippen LogP contribution is 2.23. The molecule has 0 saturated heterocycles. The van der Waals surface area contributed by atoms with E-state index in [4.69, 9.17) is 10.5 Å². The Morgan fingerprint density at radius 3 is 2.90 bits per heavy atom. The van der Waals surface area contributed by atoms with Crippen molar-refractivity contribution in [1.29, 1.82) is 0 Å². The summed E-state index contributed by atoms with van der Waals surface area (Å²) in [4.78, 5) is 16.2. The summed E-state index contributed by atoms with van der Waals surface area (Å²) >= 11 is 3.32. The van der Waals surface area contributed by atoms with Crippen LogP contribution in [-0.2, 0) is 11.2 Å². The zero-order valence-electron chi connectivity index (χ0n) is 11.1. The Hall–Kier alpha value is -1.88. The van der Waals surface area contributed by atoms with E-state index < -0.39 is 0 Å². The number of nitrogen functional groups attached to an aromatic ring is 1. The van der Waals surface area contributed by atoms with Gasteiger partial charge < -0.3 is 10.5 Å². The third kappa shape index (κ3) is 3.57. The lowest BCUT2D eigenvalue weighted by molar-refractivity contribution is 0.0507. The number of ether oxygens (including phenoxy) is 1. The predicted molar refractivity (Wildman–Crippen MR) is 81.5 cm³/mol. The predicted octanol–water partition coefficient (Wildman–Crippen LogP) is 3.13. The Labute approximate surface area is 126 Å². The van der Waals surface area contributed by atoms with Gasteiger partial charge in [-0.15, -0.1) is 0 Å². The summed E-state index contributed by atoms with van der Waals surface area (Å²) in [6.07, 6.45) is 2.31. The molecular formula is C15H15BrN2O2. The number of nitrogens with zero attached hydrogens (tertiary/aromatic N) is 1. The first-order valence-electron chi connectivity index (χ1n) is 6.20. The number of halogens is 1. The van der Waals surface area contributed by atoms with Crippen LogP contribution in [0.4, 0.5) is 5.69 Å². The van der Waals surface area contributed by atoms with Crippen LogP contribution >= 0.6 is 15.9 Å². The second kappa shape index (κ2) is 6.52. The SMILES string of the molecule is Cc1c(N)cc(Br)cc1C(=O)OCCc1ccccn1. The van der Waals surface area contributed by atoms with Gasteiger partial charge in [0.15, 0.2) is 0 Å². The molecule has 2 N–H and O–H groups in total. The topological polar surface area (TPSA) is 65.2 Å². The van der Waals surface area contributed by atoms with Crippen LogP contribution in [0.15, 0.2) is 41.0 Å². The first-order valence-corrected chi connectivity index (χ1v) is 7.00. The molecule has 2 rings (SSSR count). The fourth-order valence-corrected chi connectivity index (χ4v) is 2.26. The second-order valence-corrected chi connectivity index (χ2v) is 5.29. The number of esters is 1. The molecule has 0 atom stereocenters. The molecule has 1 aromatic carbocycles. The Balaban J connectivity index is 1.99. The lowest BCUT2D eigenvalue weighted by Gasteiger charge is -2.09. The minimum atomic E-state index is -0.369. The van der Waals surface area contributed by atoms with Crippen molar-refractivity contribution in [3.05, 3.63) is 57.8 Å². The van der Waals surface area contributed by atoms with E-state index in [1.807, 2.05) is 18.2 Å². The van der Waals surface area contributed by atoms with Crippen LogP contribution in [0.25, 0.3) is 0 Å². The average molecular weight is 335 g/mol. The van der Waals surface area contributed by atoms with E-state index in [0.29, 0.717) is 24.3 Å². The highest BCUT2D eigenvalue weighted by molar-refractivity contribution is 9.10. The van der Waals surface area contributed by atoms with Gasteiger partial charge in [0.05, 0.1) is 12.2 Å². The fourth-order valence-electron chi connectivity index (χ4n) is 1.78. The van der Waals surface area contributed by atoms with Crippen LogP contribution in [-0.4, -0.2) is 17.6 Å². The van der Waals surface area contributed by atoms with Crippen molar-refractivity contribution < 1.29 is 9.53 Å². The van der Waals surface area contributed by atoms with Crippen molar-refractivity contribution in [1.82, 2.24) is 4.98 Å². The van der Waals surface area contributed by atoms with Crippen LogP contribution in [0, 0.1) is 6.92 Å². The summed E-state index contributed by atoms with van der Waals surface area (Å²) in [6.45, 7) is 2.10. The van der Waals surface area contributed by atoms with E-state index in [9.17, 15) is 4.79 Å². The number of nitrogens with two attached hydrogens (primary N) is 1. The molecule has 0 spiro atoms. The third-order valence-electron chi connectivity index (χ3n) is 2.95. The van der Waals surface area contributed by atoms with Gasteiger partial charge in [-0.25, -0.2) is 4.79 Å². The molecule has 1 heterocycles. The molecule has 0 saturated carbocycles. The molecule has 1 aromatic heterocycles. The normalized spacial score (nSPS) is 10.3. The van der Waals surface area contributed by atoms with Gasteiger partial charge in [0.2, 0.25) is 0 Å². The Morgan fingerprint density at radius 2 is 2.20 bits per heavy atom. The fraction of sp³-hybridized carbons (Fsp3) is 0.200. The molecule has 0 aliphatic carbocycles. The van der Waals surface area contributed by atoms with Crippen LogP contribution in [0.5, 0.6) is 0 Å². The largest absolute Gasteiger partial charge is 0.462 e. The molecule has 0 aliphatic rings. The van der Waals surface area contributed by atoms with Gasteiger partial charge in [-0.3, -0.25) is 4.98 Å². The van der Waals surface area contributed by atoms with Crippen molar-refractivity contribution in [2.75, 3.05) is 12.3 Å². The molecule has 0 aliphatic heterocycles. The highest BCUT2D eigenvalue weighted by atomic mass is 79.9. The van der Waals surface area contributed by atoms with Crippen LogP contribution in [0.2, 0.25) is 0 Å². The van der Waals surface area contributed by atoms with E-state index in [1.165, 1.54) is 0 Å². The number of hydrogen-bond donors (Lipinski definition) is 1. The van der Waals surface area contributed by atoms with Crippen LogP contribution in [0.1, 0.15) is 21.6 Å². The first-order chi connectivity index (χ1) is 9.58. The van der Waals surface area contributed by atoms with Gasteiger partial charge in [-0.1, -0.05) is 22.0 Å². The quantitative estimate of drug-likeness (QED) is 0.689. The molecule has 104 valence electrons. The minimum absolute atomic E-state index is 0.293. The molecule has 0 bridgehead atoms. The van der Waals surface area contributed by atoms with Crippen molar-refractivity contribution >= 4 is 27.6 Å². The molecular weight excluding hydrogens is 320 g/mol. The molecule has 0 fully saturated rings. The smallest absolute Gasteiger partial charge is 0.338 e. The molecule has 4 nitrogen and oxygen atoms in total. The molecule has 0 unspecified atom stereocenters. The maximum absolute atomic E-state index is 12.0. The summed E-state index contributed by atoms with van der Waals surface area (Å²) in [6, 6.07) is 9.14. The number of rotatable bonds is 4. The number of carbonyl (C=O) groups excluding carboxylic acids is 1. The highest BCUT2D eigenvalue weighted by Gasteiger charge is 2.13. The van der Waals surface area contributed by atoms with E-state index in [1.54, 1.807) is 25.3 Å². The standard InChI is InChI=1S/C15H15BrN2O2/c1-10-13(8-11(16)9-14(10)17)15(19)20-7-5-12-4-2-3-6-18-12/h2-4,6,8-9H,5,7,17H2,1H3. The summed E-state index contributed by atoms with van der Waals surface area (Å²) < 4.78 is 6.03. The van der Waals surface area contributed by atoms with E-state index >= 15 is 0 Å². The number of aromatic nitrogens is 1. The maximum atomic E-state index is 12.0.